The SMILES string of the molecule is NCCC1CCCCN1S(=O)(=O)c1ccc(Br)cc1F. The second-order valence-electron chi connectivity index (χ2n) is 4.92. The summed E-state index contributed by atoms with van der Waals surface area (Å²) < 4.78 is 41.2. The Hall–Kier alpha value is -0.500. The Morgan fingerprint density at radius 1 is 1.40 bits per heavy atom. The predicted molar refractivity (Wildman–Crippen MR) is 79.3 cm³/mol. The molecule has 1 heterocycles. The maximum atomic E-state index is 14.0. The largest absolute Gasteiger partial charge is 0.330 e. The number of sulfonamides is 1. The number of hydrogen-bond acceptors (Lipinski definition) is 3. The van der Waals surface area contributed by atoms with Crippen molar-refractivity contribution in [1.82, 2.24) is 4.31 Å². The Labute approximate surface area is 127 Å². The second kappa shape index (κ2) is 6.51. The van der Waals surface area contributed by atoms with Crippen LogP contribution in [0.1, 0.15) is 25.7 Å². The van der Waals surface area contributed by atoms with Crippen LogP contribution in [0.4, 0.5) is 4.39 Å². The summed E-state index contributed by atoms with van der Waals surface area (Å²) in [7, 11) is -3.80. The highest BCUT2D eigenvalue weighted by Gasteiger charge is 2.34. The van der Waals surface area contributed by atoms with Gasteiger partial charge in [0.25, 0.3) is 0 Å². The van der Waals surface area contributed by atoms with E-state index in [1.807, 2.05) is 0 Å². The molecule has 112 valence electrons. The van der Waals surface area contributed by atoms with Gasteiger partial charge in [0.05, 0.1) is 0 Å². The van der Waals surface area contributed by atoms with Gasteiger partial charge in [-0.25, -0.2) is 12.8 Å². The van der Waals surface area contributed by atoms with Crippen LogP contribution in [-0.2, 0) is 10.0 Å². The minimum atomic E-state index is -3.80. The highest BCUT2D eigenvalue weighted by molar-refractivity contribution is 9.10. The van der Waals surface area contributed by atoms with Crippen LogP contribution in [0, 0.1) is 5.82 Å². The number of halogens is 2. The molecule has 7 heteroatoms. The Kier molecular flexibility index (Phi) is 5.17. The van der Waals surface area contributed by atoms with Gasteiger partial charge in [-0.2, -0.15) is 4.31 Å². The summed E-state index contributed by atoms with van der Waals surface area (Å²) in [5, 5.41) is 0. The van der Waals surface area contributed by atoms with Crippen LogP contribution in [0.2, 0.25) is 0 Å². The fourth-order valence-electron chi connectivity index (χ4n) is 2.58. The van der Waals surface area contributed by atoms with Gasteiger partial charge < -0.3 is 5.73 Å². The molecule has 1 aromatic rings. The zero-order valence-electron chi connectivity index (χ0n) is 11.1. The summed E-state index contributed by atoms with van der Waals surface area (Å²) in [5.41, 5.74) is 5.55. The third-order valence-electron chi connectivity index (χ3n) is 3.55. The molecule has 4 nitrogen and oxygen atoms in total. The van der Waals surface area contributed by atoms with E-state index in [2.05, 4.69) is 15.9 Å². The highest BCUT2D eigenvalue weighted by atomic mass is 79.9. The first-order valence-electron chi connectivity index (χ1n) is 6.64. The first-order chi connectivity index (χ1) is 9.46. The van der Waals surface area contributed by atoms with Crippen molar-refractivity contribution in [2.24, 2.45) is 5.73 Å². The molecule has 0 aliphatic carbocycles. The van der Waals surface area contributed by atoms with Gasteiger partial charge in [0.1, 0.15) is 10.7 Å². The number of hydrogen-bond donors (Lipinski definition) is 1. The Bertz CT molecular complexity index is 578. The van der Waals surface area contributed by atoms with Crippen molar-refractivity contribution >= 4 is 26.0 Å². The van der Waals surface area contributed by atoms with Crippen molar-refractivity contribution in [3.63, 3.8) is 0 Å². The van der Waals surface area contributed by atoms with Gasteiger partial charge in [0, 0.05) is 17.1 Å². The minimum Gasteiger partial charge on any atom is -0.330 e. The first-order valence-corrected chi connectivity index (χ1v) is 8.87. The fourth-order valence-corrected chi connectivity index (χ4v) is 4.69. The molecule has 1 unspecified atom stereocenters. The van der Waals surface area contributed by atoms with Gasteiger partial charge in [-0.05, 0) is 44.0 Å². The molecule has 0 saturated carbocycles. The predicted octanol–water partition coefficient (Wildman–Crippen LogP) is 2.48. The van der Waals surface area contributed by atoms with Crippen molar-refractivity contribution in [3.8, 4) is 0 Å². The third-order valence-corrected chi connectivity index (χ3v) is 6.03. The molecule has 1 saturated heterocycles. The van der Waals surface area contributed by atoms with Crippen molar-refractivity contribution in [3.05, 3.63) is 28.5 Å². The average Bonchev–Trinajstić information content (AvgIpc) is 2.39. The lowest BCUT2D eigenvalue weighted by molar-refractivity contribution is 0.242. The van der Waals surface area contributed by atoms with E-state index >= 15 is 0 Å². The zero-order chi connectivity index (χ0) is 14.8. The minimum absolute atomic E-state index is 0.123. The van der Waals surface area contributed by atoms with Crippen LogP contribution in [0.3, 0.4) is 0 Å². The molecule has 0 amide bonds. The van der Waals surface area contributed by atoms with Gasteiger partial charge >= 0.3 is 0 Å². The maximum Gasteiger partial charge on any atom is 0.246 e. The summed E-state index contributed by atoms with van der Waals surface area (Å²) in [5.74, 6) is -0.726. The molecule has 20 heavy (non-hydrogen) atoms. The van der Waals surface area contributed by atoms with Crippen molar-refractivity contribution < 1.29 is 12.8 Å². The Balaban J connectivity index is 2.37. The number of rotatable bonds is 4. The lowest BCUT2D eigenvalue weighted by Crippen LogP contribution is -2.44. The monoisotopic (exact) mass is 364 g/mol. The van der Waals surface area contributed by atoms with Gasteiger partial charge in [-0.1, -0.05) is 22.4 Å². The molecule has 0 aromatic heterocycles. The van der Waals surface area contributed by atoms with E-state index in [1.54, 1.807) is 0 Å². The molecule has 0 spiro atoms. The van der Waals surface area contributed by atoms with Crippen molar-refractivity contribution in [1.29, 1.82) is 0 Å². The van der Waals surface area contributed by atoms with Crippen LogP contribution >= 0.6 is 15.9 Å². The molecular formula is C13H18BrFN2O2S. The molecular weight excluding hydrogens is 347 g/mol. The Morgan fingerprint density at radius 2 is 2.15 bits per heavy atom. The van der Waals surface area contributed by atoms with Crippen LogP contribution in [0.15, 0.2) is 27.6 Å². The number of piperidine rings is 1. The smallest absolute Gasteiger partial charge is 0.246 e. The molecule has 0 radical (unpaired) electrons. The van der Waals surface area contributed by atoms with Crippen molar-refractivity contribution in [2.45, 2.75) is 36.6 Å². The summed E-state index contributed by atoms with van der Waals surface area (Å²) in [6.07, 6.45) is 3.18. The van der Waals surface area contributed by atoms with E-state index in [0.717, 1.165) is 19.3 Å². The lowest BCUT2D eigenvalue weighted by Gasteiger charge is -2.34. The first kappa shape index (κ1) is 15.9. The van der Waals surface area contributed by atoms with Crippen molar-refractivity contribution in [2.75, 3.05) is 13.1 Å². The third kappa shape index (κ3) is 3.21. The number of benzene rings is 1. The molecule has 1 atom stereocenters. The van der Waals surface area contributed by atoms with Gasteiger partial charge in [0.15, 0.2) is 0 Å². The van der Waals surface area contributed by atoms with E-state index < -0.39 is 15.8 Å². The normalized spacial score (nSPS) is 21.1. The molecule has 1 aromatic carbocycles. The van der Waals surface area contributed by atoms with Gasteiger partial charge in [0.2, 0.25) is 10.0 Å². The van der Waals surface area contributed by atoms with Crippen LogP contribution in [0.5, 0.6) is 0 Å². The van der Waals surface area contributed by atoms with Crippen LogP contribution in [0.25, 0.3) is 0 Å². The summed E-state index contributed by atoms with van der Waals surface area (Å²) in [4.78, 5) is -0.260. The number of nitrogens with two attached hydrogens (primary N) is 1. The molecule has 2 N–H and O–H groups in total. The molecule has 1 fully saturated rings. The summed E-state index contributed by atoms with van der Waals surface area (Å²) >= 11 is 3.13. The maximum absolute atomic E-state index is 14.0. The van der Waals surface area contributed by atoms with Crippen LogP contribution < -0.4 is 5.73 Å². The molecule has 0 bridgehead atoms. The fraction of sp³-hybridized carbons (Fsp3) is 0.538. The van der Waals surface area contributed by atoms with E-state index in [1.165, 1.54) is 22.5 Å². The van der Waals surface area contributed by atoms with E-state index in [-0.39, 0.29) is 10.9 Å². The lowest BCUT2D eigenvalue weighted by atomic mass is 10.0. The van der Waals surface area contributed by atoms with Gasteiger partial charge in [-0.15, -0.1) is 0 Å². The molecule has 2 rings (SSSR count). The Morgan fingerprint density at radius 3 is 2.80 bits per heavy atom. The summed E-state index contributed by atoms with van der Waals surface area (Å²) in [6.45, 7) is 0.863. The van der Waals surface area contributed by atoms with Crippen LogP contribution in [-0.4, -0.2) is 31.9 Å². The standard InChI is InChI=1S/C13H18BrFN2O2S/c14-10-4-5-13(12(15)9-10)20(18,19)17-8-2-1-3-11(17)6-7-16/h4-5,9,11H,1-3,6-8,16H2. The zero-order valence-corrected chi connectivity index (χ0v) is 13.5. The number of nitrogens with zero attached hydrogens (tertiary/aromatic N) is 1. The van der Waals surface area contributed by atoms with E-state index in [0.29, 0.717) is 24.0 Å². The topological polar surface area (TPSA) is 63.4 Å². The van der Waals surface area contributed by atoms with Gasteiger partial charge in [-0.3, -0.25) is 0 Å². The van der Waals surface area contributed by atoms with E-state index in [4.69, 9.17) is 5.73 Å². The average molecular weight is 365 g/mol. The second-order valence-corrected chi connectivity index (χ2v) is 7.69. The highest BCUT2D eigenvalue weighted by Crippen LogP contribution is 2.29. The quantitative estimate of drug-likeness (QED) is 0.892. The summed E-state index contributed by atoms with van der Waals surface area (Å²) in [6, 6.07) is 3.90. The molecule has 1 aliphatic rings. The molecule has 1 aliphatic heterocycles. The van der Waals surface area contributed by atoms with E-state index in [9.17, 15) is 12.8 Å².